The van der Waals surface area contributed by atoms with Crippen molar-refractivity contribution >= 4 is 17.4 Å². The van der Waals surface area contributed by atoms with Gasteiger partial charge < -0.3 is 9.80 Å². The van der Waals surface area contributed by atoms with Gasteiger partial charge in [0, 0.05) is 67.2 Å². The van der Waals surface area contributed by atoms with Crippen LogP contribution in [0.25, 0.3) is 11.1 Å². The van der Waals surface area contributed by atoms with Crippen molar-refractivity contribution in [2.24, 2.45) is 7.05 Å². The Morgan fingerprint density at radius 1 is 1.11 bits per heavy atom. The van der Waals surface area contributed by atoms with Crippen LogP contribution >= 0.6 is 0 Å². The maximum Gasteiger partial charge on any atom is 0.264 e. The molecule has 1 aromatic carbocycles. The van der Waals surface area contributed by atoms with Crippen LogP contribution in [0.2, 0.25) is 0 Å². The first-order valence-electron chi connectivity index (χ1n) is 14.0. The molecule has 1 amide bonds. The van der Waals surface area contributed by atoms with Gasteiger partial charge in [-0.25, -0.2) is 8.78 Å². The first-order chi connectivity index (χ1) is 18.4. The third-order valence-electron chi connectivity index (χ3n) is 8.52. The molecule has 6 rings (SSSR count). The van der Waals surface area contributed by atoms with Crippen molar-refractivity contribution in [1.82, 2.24) is 24.5 Å². The number of halogens is 2. The van der Waals surface area contributed by atoms with E-state index in [2.05, 4.69) is 14.7 Å². The average molecular weight is 523 g/mol. The fourth-order valence-electron chi connectivity index (χ4n) is 6.57. The lowest BCUT2D eigenvalue weighted by atomic mass is 9.92. The summed E-state index contributed by atoms with van der Waals surface area (Å²) in [6.45, 7) is 3.86. The number of benzene rings is 1. The fourth-order valence-corrected chi connectivity index (χ4v) is 6.57. The molecule has 9 heteroatoms. The number of alkyl halides is 2. The smallest absolute Gasteiger partial charge is 0.264 e. The zero-order chi connectivity index (χ0) is 26.4. The summed E-state index contributed by atoms with van der Waals surface area (Å²) >= 11 is 0. The van der Waals surface area contributed by atoms with E-state index in [1.54, 1.807) is 30.2 Å². The first kappa shape index (κ1) is 25.1. The quantitative estimate of drug-likeness (QED) is 0.406. The molecule has 2 aliphatic heterocycles. The van der Waals surface area contributed by atoms with Crippen molar-refractivity contribution in [2.75, 3.05) is 18.0 Å². The van der Waals surface area contributed by atoms with E-state index in [0.29, 0.717) is 36.7 Å². The molecule has 1 saturated carbocycles. The van der Waals surface area contributed by atoms with Gasteiger partial charge in [0.1, 0.15) is 0 Å². The van der Waals surface area contributed by atoms with Crippen molar-refractivity contribution in [3.05, 3.63) is 46.9 Å². The summed E-state index contributed by atoms with van der Waals surface area (Å²) in [6, 6.07) is 3.97. The lowest BCUT2D eigenvalue weighted by Gasteiger charge is -2.33. The molecule has 7 nitrogen and oxygen atoms in total. The van der Waals surface area contributed by atoms with Crippen LogP contribution in [0.5, 0.6) is 0 Å². The van der Waals surface area contributed by atoms with Crippen molar-refractivity contribution in [3.8, 4) is 11.1 Å². The highest BCUT2D eigenvalue weighted by Gasteiger charge is 2.34. The van der Waals surface area contributed by atoms with Gasteiger partial charge in [-0.15, -0.1) is 0 Å². The second-order valence-electron chi connectivity index (χ2n) is 10.9. The zero-order valence-electron chi connectivity index (χ0n) is 22.3. The minimum absolute atomic E-state index is 0.0204. The fraction of sp³-hybridized carbons (Fsp3) is 0.552. The normalized spacial score (nSPS) is 18.1. The molecule has 202 valence electrons. The highest BCUT2D eigenvalue weighted by Crippen LogP contribution is 2.44. The lowest BCUT2D eigenvalue weighted by molar-refractivity contribution is -0.131. The number of carbonyl (C=O) groups excluding carboxylic acids is 1. The SMILES string of the molecule is CCC(=O)N1CCc2c(c(N3CCCc4cc(-c5cnn(C)c5)c(C(F)F)cc43)nn2C2CCCCC2)C1. The van der Waals surface area contributed by atoms with E-state index in [1.807, 2.05) is 17.9 Å². The number of carbonyl (C=O) groups is 1. The number of rotatable bonds is 5. The summed E-state index contributed by atoms with van der Waals surface area (Å²) in [5.74, 6) is 0.988. The van der Waals surface area contributed by atoms with Gasteiger partial charge in [0.05, 0.1) is 18.8 Å². The number of aromatic nitrogens is 4. The average Bonchev–Trinajstić information content (AvgIpc) is 3.55. The van der Waals surface area contributed by atoms with Crippen molar-refractivity contribution < 1.29 is 13.6 Å². The summed E-state index contributed by atoms with van der Waals surface area (Å²) < 4.78 is 32.7. The van der Waals surface area contributed by atoms with Crippen LogP contribution in [-0.2, 0) is 31.2 Å². The third-order valence-corrected chi connectivity index (χ3v) is 8.52. The number of aryl methyl sites for hydroxylation is 2. The molecule has 0 N–H and O–H groups in total. The number of fused-ring (bicyclic) bond motifs is 2. The van der Waals surface area contributed by atoms with E-state index >= 15 is 0 Å². The van der Waals surface area contributed by atoms with E-state index in [9.17, 15) is 13.6 Å². The molecular formula is C29H36F2N6O. The summed E-state index contributed by atoms with van der Waals surface area (Å²) in [5, 5.41) is 9.43. The Morgan fingerprint density at radius 3 is 2.63 bits per heavy atom. The molecule has 2 aromatic heterocycles. The van der Waals surface area contributed by atoms with Crippen LogP contribution < -0.4 is 4.90 Å². The summed E-state index contributed by atoms with van der Waals surface area (Å²) in [5.41, 5.74) is 5.45. The lowest BCUT2D eigenvalue weighted by Crippen LogP contribution is -2.37. The van der Waals surface area contributed by atoms with Gasteiger partial charge in [-0.1, -0.05) is 26.2 Å². The van der Waals surface area contributed by atoms with E-state index in [-0.39, 0.29) is 11.5 Å². The second kappa shape index (κ2) is 10.2. The predicted octanol–water partition coefficient (Wildman–Crippen LogP) is 6.11. The van der Waals surface area contributed by atoms with E-state index in [1.165, 1.54) is 25.0 Å². The Morgan fingerprint density at radius 2 is 1.92 bits per heavy atom. The molecule has 3 aliphatic rings. The van der Waals surface area contributed by atoms with Crippen LogP contribution in [0.1, 0.15) is 86.7 Å². The van der Waals surface area contributed by atoms with Crippen LogP contribution in [0, 0.1) is 0 Å². The summed E-state index contributed by atoms with van der Waals surface area (Å²) in [7, 11) is 1.80. The third kappa shape index (κ3) is 4.39. The minimum atomic E-state index is -2.61. The van der Waals surface area contributed by atoms with Gasteiger partial charge in [0.25, 0.3) is 6.43 Å². The van der Waals surface area contributed by atoms with Crippen LogP contribution in [0.4, 0.5) is 20.3 Å². The Balaban J connectivity index is 1.46. The van der Waals surface area contributed by atoms with Gasteiger partial charge in [0.2, 0.25) is 5.91 Å². The topological polar surface area (TPSA) is 59.2 Å². The highest BCUT2D eigenvalue weighted by atomic mass is 19.3. The monoisotopic (exact) mass is 522 g/mol. The maximum atomic E-state index is 14.4. The number of amides is 1. The summed E-state index contributed by atoms with van der Waals surface area (Å²) in [4.78, 5) is 16.7. The number of hydrogen-bond donors (Lipinski definition) is 0. The van der Waals surface area contributed by atoms with Gasteiger partial charge in [-0.2, -0.15) is 10.2 Å². The molecule has 0 saturated heterocycles. The Bertz CT molecular complexity index is 1340. The maximum absolute atomic E-state index is 14.4. The van der Waals surface area contributed by atoms with E-state index in [4.69, 9.17) is 5.10 Å². The second-order valence-corrected chi connectivity index (χ2v) is 10.9. The zero-order valence-corrected chi connectivity index (χ0v) is 22.3. The highest BCUT2D eigenvalue weighted by molar-refractivity contribution is 5.78. The number of anilines is 2. The first-order valence-corrected chi connectivity index (χ1v) is 14.0. The molecule has 1 fully saturated rings. The number of hydrogen-bond acceptors (Lipinski definition) is 4. The van der Waals surface area contributed by atoms with Crippen molar-refractivity contribution in [2.45, 2.75) is 83.7 Å². The largest absolute Gasteiger partial charge is 0.338 e. The molecule has 38 heavy (non-hydrogen) atoms. The van der Waals surface area contributed by atoms with Gasteiger partial charge >= 0.3 is 0 Å². The molecule has 0 unspecified atom stereocenters. The predicted molar refractivity (Wildman–Crippen MR) is 143 cm³/mol. The molecule has 0 spiro atoms. The van der Waals surface area contributed by atoms with Crippen LogP contribution in [0.3, 0.4) is 0 Å². The van der Waals surface area contributed by atoms with Crippen molar-refractivity contribution in [3.63, 3.8) is 0 Å². The van der Waals surface area contributed by atoms with Gasteiger partial charge in [-0.05, 0) is 48.9 Å². The molecule has 0 radical (unpaired) electrons. The molecule has 1 aliphatic carbocycles. The van der Waals surface area contributed by atoms with Crippen LogP contribution in [-0.4, -0.2) is 43.5 Å². The van der Waals surface area contributed by atoms with Gasteiger partial charge in [0.15, 0.2) is 5.82 Å². The van der Waals surface area contributed by atoms with Crippen molar-refractivity contribution in [1.29, 1.82) is 0 Å². The summed E-state index contributed by atoms with van der Waals surface area (Å²) in [6.07, 6.45) is 9.74. The molecule has 0 bridgehead atoms. The molecule has 0 atom stereocenters. The van der Waals surface area contributed by atoms with Gasteiger partial charge in [-0.3, -0.25) is 14.2 Å². The Kier molecular flexibility index (Phi) is 6.70. The number of nitrogens with zero attached hydrogens (tertiary/aromatic N) is 6. The van der Waals surface area contributed by atoms with E-state index in [0.717, 1.165) is 61.3 Å². The van der Waals surface area contributed by atoms with E-state index < -0.39 is 6.43 Å². The molecule has 4 heterocycles. The standard InChI is InChI=1S/C29H36F2N6O/c1-3-27(38)35-13-11-25-24(18-35)29(33-37(25)21-9-5-4-6-10-21)36-12-7-8-19-14-22(20-16-32-34(2)17-20)23(28(30)31)15-26(19)36/h14-17,21,28H,3-13,18H2,1-2H3. The molecular weight excluding hydrogens is 486 g/mol. The van der Waals surface area contributed by atoms with Crippen LogP contribution in [0.15, 0.2) is 24.5 Å². The molecule has 3 aromatic rings. The minimum Gasteiger partial charge on any atom is -0.338 e. The Hall–Kier alpha value is -3.23. The Labute approximate surface area is 222 Å².